The van der Waals surface area contributed by atoms with Crippen LogP contribution in [0.25, 0.3) is 21.9 Å². The van der Waals surface area contributed by atoms with Gasteiger partial charge in [0, 0.05) is 10.8 Å². The predicted octanol–water partition coefficient (Wildman–Crippen LogP) is 2.57. The van der Waals surface area contributed by atoms with E-state index in [1.54, 1.807) is 12.5 Å². The Labute approximate surface area is 67.6 Å². The average molecular weight is 159 g/mol. The lowest BCUT2D eigenvalue weighted by atomic mass is 10.2. The molecular weight excluding hydrogens is 154 g/mol. The van der Waals surface area contributed by atoms with E-state index in [4.69, 9.17) is 8.83 Å². The van der Waals surface area contributed by atoms with Crippen LogP contribution in [0.5, 0.6) is 0 Å². The topological polar surface area (TPSA) is 39.2 Å². The molecule has 0 unspecified atom stereocenters. The summed E-state index contributed by atoms with van der Waals surface area (Å²) < 4.78 is 10.2. The molecule has 58 valence electrons. The van der Waals surface area contributed by atoms with Gasteiger partial charge in [0.2, 0.25) is 0 Å². The molecule has 0 aliphatic carbocycles. The molecule has 3 rings (SSSR count). The fourth-order valence-electron chi connectivity index (χ4n) is 1.37. The Morgan fingerprint density at radius 1 is 1.17 bits per heavy atom. The summed E-state index contributed by atoms with van der Waals surface area (Å²) >= 11 is 0. The summed E-state index contributed by atoms with van der Waals surface area (Å²) in [6.45, 7) is 0. The Bertz CT molecular complexity index is 486. The Balaban J connectivity index is 2.71. The highest BCUT2D eigenvalue weighted by molar-refractivity contribution is 6.02. The minimum absolute atomic E-state index is 0.795. The van der Waals surface area contributed by atoms with Crippen molar-refractivity contribution in [2.24, 2.45) is 0 Å². The van der Waals surface area contributed by atoms with Gasteiger partial charge in [-0.2, -0.15) is 0 Å². The number of oxazole rings is 1. The number of hydrogen-bond donors (Lipinski definition) is 0. The highest BCUT2D eigenvalue weighted by atomic mass is 16.3. The molecule has 0 amide bonds. The molecule has 3 nitrogen and oxygen atoms in total. The highest BCUT2D eigenvalue weighted by Crippen LogP contribution is 2.24. The molecule has 3 aromatic rings. The molecule has 12 heavy (non-hydrogen) atoms. The molecule has 0 bridgehead atoms. The van der Waals surface area contributed by atoms with Crippen LogP contribution in [-0.4, -0.2) is 4.98 Å². The number of hydrogen-bond acceptors (Lipinski definition) is 3. The van der Waals surface area contributed by atoms with Crippen molar-refractivity contribution in [1.29, 1.82) is 0 Å². The first-order valence-electron chi connectivity index (χ1n) is 3.63. The fourth-order valence-corrected chi connectivity index (χ4v) is 1.37. The van der Waals surface area contributed by atoms with Gasteiger partial charge in [0.05, 0.1) is 6.26 Å². The molecule has 0 N–H and O–H groups in total. The zero-order valence-electron chi connectivity index (χ0n) is 6.15. The second kappa shape index (κ2) is 1.88. The molecule has 2 aromatic heterocycles. The first-order valence-corrected chi connectivity index (χ1v) is 3.63. The van der Waals surface area contributed by atoms with Gasteiger partial charge in [-0.15, -0.1) is 0 Å². The third-order valence-electron chi connectivity index (χ3n) is 1.96. The summed E-state index contributed by atoms with van der Waals surface area (Å²) in [6.07, 6.45) is 4.82. The number of nitrogens with zero attached hydrogens (tertiary/aromatic N) is 1. The summed E-state index contributed by atoms with van der Waals surface area (Å²) in [5, 5.41) is 2.05. The summed E-state index contributed by atoms with van der Waals surface area (Å²) in [6, 6.07) is 3.84. The van der Waals surface area contributed by atoms with Crippen LogP contribution in [0.1, 0.15) is 0 Å². The largest absolute Gasteiger partial charge is 0.471 e. The highest BCUT2D eigenvalue weighted by Gasteiger charge is 2.04. The van der Waals surface area contributed by atoms with Gasteiger partial charge in [0.1, 0.15) is 11.8 Å². The third-order valence-corrected chi connectivity index (χ3v) is 1.96. The minimum Gasteiger partial charge on any atom is -0.471 e. The second-order valence-corrected chi connectivity index (χ2v) is 2.64. The Kier molecular flexibility index (Phi) is 0.913. The Morgan fingerprint density at radius 2 is 2.17 bits per heavy atom. The van der Waals surface area contributed by atoms with Crippen molar-refractivity contribution in [3.8, 4) is 0 Å². The Hall–Kier alpha value is -1.77. The van der Waals surface area contributed by atoms with Crippen LogP contribution in [0, 0.1) is 0 Å². The van der Waals surface area contributed by atoms with Gasteiger partial charge < -0.3 is 8.83 Å². The number of furan rings is 1. The fraction of sp³-hybridized carbons (Fsp3) is 0. The quantitative estimate of drug-likeness (QED) is 0.506. The first-order chi connectivity index (χ1) is 5.95. The van der Waals surface area contributed by atoms with E-state index < -0.39 is 0 Å². The molecule has 0 radical (unpaired) electrons. The molecule has 0 aliphatic rings. The van der Waals surface area contributed by atoms with Gasteiger partial charge in [0.25, 0.3) is 0 Å². The average Bonchev–Trinajstić information content (AvgIpc) is 2.71. The molecule has 1 aromatic carbocycles. The summed E-state index contributed by atoms with van der Waals surface area (Å²) in [4.78, 5) is 4.09. The van der Waals surface area contributed by atoms with Gasteiger partial charge in [0.15, 0.2) is 12.0 Å². The maximum atomic E-state index is 5.14. The van der Waals surface area contributed by atoms with Crippen LogP contribution in [0.15, 0.2) is 39.9 Å². The first kappa shape index (κ1) is 5.83. The van der Waals surface area contributed by atoms with Crippen molar-refractivity contribution in [3.05, 3.63) is 31.1 Å². The molecule has 0 saturated heterocycles. The van der Waals surface area contributed by atoms with Crippen LogP contribution in [0.2, 0.25) is 0 Å². The predicted molar refractivity (Wildman–Crippen MR) is 43.8 cm³/mol. The third kappa shape index (κ3) is 0.580. The van der Waals surface area contributed by atoms with Gasteiger partial charge in [-0.05, 0) is 12.1 Å². The van der Waals surface area contributed by atoms with Gasteiger partial charge in [-0.25, -0.2) is 4.98 Å². The van der Waals surface area contributed by atoms with Crippen molar-refractivity contribution in [3.63, 3.8) is 0 Å². The summed E-state index contributed by atoms with van der Waals surface area (Å²) in [5.41, 5.74) is 1.66. The van der Waals surface area contributed by atoms with Crippen LogP contribution in [0.4, 0.5) is 0 Å². The van der Waals surface area contributed by atoms with Crippen molar-refractivity contribution >= 4 is 21.9 Å². The van der Waals surface area contributed by atoms with E-state index in [9.17, 15) is 0 Å². The molecule has 3 heteroatoms. The zero-order valence-corrected chi connectivity index (χ0v) is 6.15. The maximum absolute atomic E-state index is 5.14. The number of fused-ring (bicyclic) bond motifs is 3. The lowest BCUT2D eigenvalue weighted by Gasteiger charge is -1.86. The van der Waals surface area contributed by atoms with E-state index in [0.29, 0.717) is 0 Å². The molecule has 0 saturated carbocycles. The van der Waals surface area contributed by atoms with Gasteiger partial charge in [-0.1, -0.05) is 0 Å². The smallest absolute Gasteiger partial charge is 0.182 e. The van der Waals surface area contributed by atoms with E-state index in [-0.39, 0.29) is 0 Å². The molecule has 0 atom stereocenters. The van der Waals surface area contributed by atoms with Crippen molar-refractivity contribution in [2.75, 3.05) is 0 Å². The van der Waals surface area contributed by atoms with Crippen LogP contribution < -0.4 is 0 Å². The SMILES string of the molecule is c1nc2c(ccc3cocc32)o1. The molecule has 0 spiro atoms. The molecule has 2 heterocycles. The number of rotatable bonds is 0. The van der Waals surface area contributed by atoms with Crippen molar-refractivity contribution in [1.82, 2.24) is 4.98 Å². The number of benzene rings is 1. The van der Waals surface area contributed by atoms with Gasteiger partial charge in [-0.3, -0.25) is 0 Å². The van der Waals surface area contributed by atoms with Gasteiger partial charge >= 0.3 is 0 Å². The monoisotopic (exact) mass is 159 g/mol. The lowest BCUT2D eigenvalue weighted by Crippen LogP contribution is -1.67. The molecule has 0 fully saturated rings. The maximum Gasteiger partial charge on any atom is 0.182 e. The number of aromatic nitrogens is 1. The van der Waals surface area contributed by atoms with E-state index >= 15 is 0 Å². The lowest BCUT2D eigenvalue weighted by molar-refractivity contribution is 0.572. The second-order valence-electron chi connectivity index (χ2n) is 2.64. The van der Waals surface area contributed by atoms with E-state index in [1.165, 1.54) is 6.39 Å². The van der Waals surface area contributed by atoms with Crippen molar-refractivity contribution < 1.29 is 8.83 Å². The zero-order chi connectivity index (χ0) is 7.97. The van der Waals surface area contributed by atoms with E-state index in [0.717, 1.165) is 21.9 Å². The Morgan fingerprint density at radius 3 is 3.17 bits per heavy atom. The molecular formula is C9H5NO2. The van der Waals surface area contributed by atoms with Crippen LogP contribution in [-0.2, 0) is 0 Å². The van der Waals surface area contributed by atoms with E-state index in [2.05, 4.69) is 4.98 Å². The standard InChI is InChI=1S/C9H5NO2/c1-2-8-9(10-5-12-8)7-4-11-3-6(1)7/h1-5H. The van der Waals surface area contributed by atoms with E-state index in [1.807, 2.05) is 12.1 Å². The minimum atomic E-state index is 0.795. The summed E-state index contributed by atoms with van der Waals surface area (Å²) in [7, 11) is 0. The summed E-state index contributed by atoms with van der Waals surface area (Å²) in [5.74, 6) is 0. The normalized spacial score (nSPS) is 11.3. The molecule has 0 aliphatic heterocycles. The van der Waals surface area contributed by atoms with Crippen molar-refractivity contribution in [2.45, 2.75) is 0 Å². The van der Waals surface area contributed by atoms with Crippen LogP contribution in [0.3, 0.4) is 0 Å². The van der Waals surface area contributed by atoms with Crippen LogP contribution >= 0.6 is 0 Å².